The lowest BCUT2D eigenvalue weighted by Gasteiger charge is -2.07. The van der Waals surface area contributed by atoms with Crippen LogP contribution in [-0.2, 0) is 6.54 Å². The second kappa shape index (κ2) is 7.69. The SMILES string of the molecule is Cl.N=CN(N)N=Cc1cccn1Cc1cccc(Cl)c1. The summed E-state index contributed by atoms with van der Waals surface area (Å²) in [6, 6.07) is 11.6. The van der Waals surface area contributed by atoms with Gasteiger partial charge in [-0.05, 0) is 29.8 Å². The third kappa shape index (κ3) is 4.38. The third-order valence-corrected chi connectivity index (χ3v) is 2.80. The van der Waals surface area contributed by atoms with Gasteiger partial charge in [0.15, 0.2) is 0 Å². The van der Waals surface area contributed by atoms with Crippen molar-refractivity contribution in [3.05, 3.63) is 58.9 Å². The Bertz CT molecular complexity index is 594. The number of hydrazine groups is 1. The molecule has 0 saturated heterocycles. The molecule has 1 aromatic carbocycles. The van der Waals surface area contributed by atoms with E-state index in [1.54, 1.807) is 6.21 Å². The van der Waals surface area contributed by atoms with Crippen molar-refractivity contribution in [2.45, 2.75) is 6.54 Å². The topological polar surface area (TPSA) is 70.4 Å². The first-order valence-corrected chi connectivity index (χ1v) is 6.05. The van der Waals surface area contributed by atoms with Crippen LogP contribution < -0.4 is 5.84 Å². The number of hydrogen-bond acceptors (Lipinski definition) is 3. The van der Waals surface area contributed by atoms with Crippen molar-refractivity contribution in [2.75, 3.05) is 0 Å². The van der Waals surface area contributed by atoms with E-state index in [-0.39, 0.29) is 12.4 Å². The van der Waals surface area contributed by atoms with Crippen LogP contribution in [-0.4, -0.2) is 22.2 Å². The normalized spacial score (nSPS) is 10.3. The van der Waals surface area contributed by atoms with Crippen LogP contribution in [0.1, 0.15) is 11.3 Å². The van der Waals surface area contributed by atoms with Gasteiger partial charge in [-0.25, -0.2) is 5.84 Å². The molecule has 0 atom stereocenters. The Kier molecular flexibility index (Phi) is 6.24. The predicted molar refractivity (Wildman–Crippen MR) is 84.6 cm³/mol. The minimum atomic E-state index is 0. The van der Waals surface area contributed by atoms with E-state index in [0.717, 1.165) is 27.7 Å². The summed E-state index contributed by atoms with van der Waals surface area (Å²) in [6.07, 6.45) is 4.49. The van der Waals surface area contributed by atoms with Crippen LogP contribution in [0.3, 0.4) is 0 Å². The Labute approximate surface area is 128 Å². The average Bonchev–Trinajstić information content (AvgIpc) is 2.83. The van der Waals surface area contributed by atoms with Crippen molar-refractivity contribution in [2.24, 2.45) is 10.9 Å². The van der Waals surface area contributed by atoms with Crippen LogP contribution in [0.2, 0.25) is 5.02 Å². The van der Waals surface area contributed by atoms with E-state index >= 15 is 0 Å². The predicted octanol–water partition coefficient (Wildman–Crippen LogP) is 2.73. The van der Waals surface area contributed by atoms with Crippen molar-refractivity contribution < 1.29 is 0 Å². The Morgan fingerprint density at radius 1 is 1.35 bits per heavy atom. The Morgan fingerprint density at radius 2 is 2.15 bits per heavy atom. The van der Waals surface area contributed by atoms with Crippen LogP contribution in [0.5, 0.6) is 0 Å². The first-order chi connectivity index (χ1) is 9.19. The smallest absolute Gasteiger partial charge is 0.121 e. The molecule has 0 amide bonds. The summed E-state index contributed by atoms with van der Waals surface area (Å²) in [5, 5.41) is 12.5. The molecule has 1 aromatic heterocycles. The first-order valence-electron chi connectivity index (χ1n) is 5.67. The van der Waals surface area contributed by atoms with Crippen LogP contribution in [0.15, 0.2) is 47.7 Å². The fourth-order valence-electron chi connectivity index (χ4n) is 1.68. The lowest BCUT2D eigenvalue weighted by Crippen LogP contribution is -2.22. The fourth-order valence-corrected chi connectivity index (χ4v) is 1.89. The lowest BCUT2D eigenvalue weighted by atomic mass is 10.2. The number of halogens is 2. The molecule has 0 aliphatic carbocycles. The molecule has 2 rings (SSSR count). The van der Waals surface area contributed by atoms with Gasteiger partial charge in [0.25, 0.3) is 0 Å². The highest BCUT2D eigenvalue weighted by Gasteiger charge is 2.00. The summed E-state index contributed by atoms with van der Waals surface area (Å²) >= 11 is 5.96. The Morgan fingerprint density at radius 3 is 2.85 bits per heavy atom. The van der Waals surface area contributed by atoms with E-state index in [9.17, 15) is 0 Å². The van der Waals surface area contributed by atoms with E-state index in [0.29, 0.717) is 6.54 Å². The van der Waals surface area contributed by atoms with Crippen molar-refractivity contribution in [3.63, 3.8) is 0 Å². The van der Waals surface area contributed by atoms with Gasteiger partial charge in [-0.3, -0.25) is 5.41 Å². The molecule has 0 saturated carbocycles. The molecular formula is C13H15Cl2N5. The second-order valence-corrected chi connectivity index (χ2v) is 4.38. The molecule has 106 valence electrons. The lowest BCUT2D eigenvalue weighted by molar-refractivity contribution is 0.485. The highest BCUT2D eigenvalue weighted by atomic mass is 35.5. The monoisotopic (exact) mass is 311 g/mol. The number of hydrogen-bond donors (Lipinski definition) is 2. The summed E-state index contributed by atoms with van der Waals surface area (Å²) in [7, 11) is 0. The number of aromatic nitrogens is 1. The summed E-state index contributed by atoms with van der Waals surface area (Å²) in [5.74, 6) is 5.38. The highest BCUT2D eigenvalue weighted by Crippen LogP contribution is 2.13. The molecule has 5 nitrogen and oxygen atoms in total. The first kappa shape index (κ1) is 16.2. The Balaban J connectivity index is 0.00000200. The largest absolute Gasteiger partial charge is 0.342 e. The van der Waals surface area contributed by atoms with Gasteiger partial charge in [-0.2, -0.15) is 10.2 Å². The minimum absolute atomic E-state index is 0. The van der Waals surface area contributed by atoms with Crippen molar-refractivity contribution in [1.82, 2.24) is 9.69 Å². The van der Waals surface area contributed by atoms with Gasteiger partial charge in [0.05, 0.1) is 11.9 Å². The van der Waals surface area contributed by atoms with Crippen LogP contribution in [0, 0.1) is 5.41 Å². The molecule has 0 aliphatic rings. The van der Waals surface area contributed by atoms with Crippen molar-refractivity contribution in [1.29, 1.82) is 5.41 Å². The molecule has 0 radical (unpaired) electrons. The maximum absolute atomic E-state index is 6.93. The highest BCUT2D eigenvalue weighted by molar-refractivity contribution is 6.30. The summed E-state index contributed by atoms with van der Waals surface area (Å²) in [6.45, 7) is 0.698. The van der Waals surface area contributed by atoms with E-state index in [4.69, 9.17) is 22.9 Å². The van der Waals surface area contributed by atoms with Crippen LogP contribution in [0.4, 0.5) is 0 Å². The molecule has 7 heteroatoms. The van der Waals surface area contributed by atoms with Gasteiger partial charge in [0.1, 0.15) is 6.34 Å². The van der Waals surface area contributed by atoms with Crippen molar-refractivity contribution >= 4 is 36.6 Å². The van der Waals surface area contributed by atoms with Crippen LogP contribution >= 0.6 is 24.0 Å². The summed E-state index contributed by atoms with van der Waals surface area (Å²) in [4.78, 5) is 0. The van der Waals surface area contributed by atoms with Gasteiger partial charge in [0.2, 0.25) is 0 Å². The molecule has 0 unspecified atom stereocenters. The number of nitrogens with one attached hydrogen (secondary N) is 1. The van der Waals surface area contributed by atoms with Gasteiger partial charge < -0.3 is 4.57 Å². The minimum Gasteiger partial charge on any atom is -0.342 e. The zero-order chi connectivity index (χ0) is 13.7. The maximum atomic E-state index is 6.93. The van der Waals surface area contributed by atoms with E-state index in [1.165, 1.54) is 0 Å². The van der Waals surface area contributed by atoms with Gasteiger partial charge in [-0.1, -0.05) is 23.7 Å². The third-order valence-electron chi connectivity index (χ3n) is 2.56. The molecular weight excluding hydrogens is 297 g/mol. The molecule has 0 spiro atoms. The Hall–Kier alpha value is -1.82. The number of nitrogens with zero attached hydrogens (tertiary/aromatic N) is 3. The zero-order valence-electron chi connectivity index (χ0n) is 10.6. The standard InChI is InChI=1S/C13H14ClN5.ClH/c14-12-4-1-3-11(7-12)9-18-6-2-5-13(18)8-17-19(16)10-15;/h1-8,10,15H,9,16H2;1H. The number of rotatable bonds is 5. The summed E-state index contributed by atoms with van der Waals surface area (Å²) < 4.78 is 2.02. The van der Waals surface area contributed by atoms with Crippen molar-refractivity contribution in [3.8, 4) is 0 Å². The fraction of sp³-hybridized carbons (Fsp3) is 0.0769. The van der Waals surface area contributed by atoms with Gasteiger partial charge >= 0.3 is 0 Å². The molecule has 0 fully saturated rings. The molecule has 3 N–H and O–H groups in total. The quantitative estimate of drug-likeness (QED) is 0.386. The molecule has 1 heterocycles. The maximum Gasteiger partial charge on any atom is 0.121 e. The van der Waals surface area contributed by atoms with E-state index in [2.05, 4.69) is 5.10 Å². The molecule has 2 aromatic rings. The molecule has 20 heavy (non-hydrogen) atoms. The summed E-state index contributed by atoms with van der Waals surface area (Å²) in [5.41, 5.74) is 2.01. The average molecular weight is 312 g/mol. The second-order valence-electron chi connectivity index (χ2n) is 3.94. The number of hydrazone groups is 1. The molecule has 0 aliphatic heterocycles. The van der Waals surface area contributed by atoms with Gasteiger partial charge in [-0.15, -0.1) is 12.4 Å². The number of nitrogens with two attached hydrogens (primary N) is 1. The van der Waals surface area contributed by atoms with E-state index in [1.807, 2.05) is 47.2 Å². The zero-order valence-corrected chi connectivity index (χ0v) is 12.2. The van der Waals surface area contributed by atoms with Crippen LogP contribution in [0.25, 0.3) is 0 Å². The van der Waals surface area contributed by atoms with E-state index < -0.39 is 0 Å². The molecule has 0 bridgehead atoms. The number of benzene rings is 1. The van der Waals surface area contributed by atoms with Gasteiger partial charge in [0, 0.05) is 17.8 Å².